The highest BCUT2D eigenvalue weighted by atomic mass is 16.5. The van der Waals surface area contributed by atoms with E-state index in [4.69, 9.17) is 4.74 Å². The minimum Gasteiger partial charge on any atom is -0.496 e. The maximum atomic E-state index is 12.3. The fourth-order valence-electron chi connectivity index (χ4n) is 3.22. The van der Waals surface area contributed by atoms with E-state index in [9.17, 15) is 9.59 Å². The summed E-state index contributed by atoms with van der Waals surface area (Å²) < 4.78 is 5.50. The van der Waals surface area contributed by atoms with Gasteiger partial charge in [0.1, 0.15) is 17.6 Å². The van der Waals surface area contributed by atoms with Crippen LogP contribution >= 0.6 is 0 Å². The highest BCUT2D eigenvalue weighted by molar-refractivity contribution is 5.86. The van der Waals surface area contributed by atoms with Gasteiger partial charge in [0.15, 0.2) is 0 Å². The molecular weight excluding hydrogens is 318 g/mol. The summed E-state index contributed by atoms with van der Waals surface area (Å²) in [4.78, 5) is 23.7. The number of methoxy groups -OCH3 is 1. The van der Waals surface area contributed by atoms with Crippen molar-refractivity contribution in [1.29, 1.82) is 0 Å². The molecule has 6 heteroatoms. The molecule has 0 radical (unpaired) electrons. The molecule has 1 heterocycles. The third kappa shape index (κ3) is 4.58. The lowest BCUT2D eigenvalue weighted by Gasteiger charge is -2.30. The lowest BCUT2D eigenvalue weighted by atomic mass is 9.77. The van der Waals surface area contributed by atoms with Gasteiger partial charge in [-0.3, -0.25) is 9.59 Å². The number of nitrogens with one attached hydrogen (secondary N) is 3. The van der Waals surface area contributed by atoms with Crippen LogP contribution in [-0.4, -0.2) is 37.4 Å². The number of hydrogen-bond acceptors (Lipinski definition) is 5. The molecule has 1 aliphatic heterocycles. The number of hydrogen-bond donors (Lipinski definition) is 3. The first kappa shape index (κ1) is 19.4. The number of ketones is 1. The topological polar surface area (TPSA) is 79.5 Å². The van der Waals surface area contributed by atoms with Crippen LogP contribution in [0.4, 0.5) is 0 Å². The Balaban J connectivity index is 1.92. The van der Waals surface area contributed by atoms with Crippen molar-refractivity contribution in [2.75, 3.05) is 13.7 Å². The Hall–Kier alpha value is -1.92. The molecule has 3 atom stereocenters. The molecular formula is C19H29N3O3. The van der Waals surface area contributed by atoms with E-state index in [1.807, 2.05) is 18.2 Å². The molecule has 0 spiro atoms. The number of rotatable bonds is 8. The second-order valence-electron chi connectivity index (χ2n) is 6.90. The van der Waals surface area contributed by atoms with E-state index in [1.165, 1.54) is 6.92 Å². The SMILES string of the molecule is CCC(C)(CCNC(=O)C1CC(C(C)=O)NN1)c1ccccc1OC. The lowest BCUT2D eigenvalue weighted by Crippen LogP contribution is -2.44. The molecule has 25 heavy (non-hydrogen) atoms. The van der Waals surface area contributed by atoms with E-state index < -0.39 is 0 Å². The first-order valence-electron chi connectivity index (χ1n) is 8.84. The number of Topliss-reactive ketones (excluding diaryl/α,β-unsaturated/α-hetero) is 1. The third-order valence-electron chi connectivity index (χ3n) is 5.22. The van der Waals surface area contributed by atoms with Crippen LogP contribution in [0.3, 0.4) is 0 Å². The van der Waals surface area contributed by atoms with Crippen LogP contribution < -0.4 is 20.9 Å². The highest BCUT2D eigenvalue weighted by Gasteiger charge is 2.32. The van der Waals surface area contributed by atoms with E-state index in [-0.39, 0.29) is 29.2 Å². The number of carbonyl (C=O) groups is 2. The van der Waals surface area contributed by atoms with Gasteiger partial charge in [0.2, 0.25) is 5.91 Å². The maximum absolute atomic E-state index is 12.3. The summed E-state index contributed by atoms with van der Waals surface area (Å²) in [6.45, 7) is 6.44. The van der Waals surface area contributed by atoms with Gasteiger partial charge >= 0.3 is 0 Å². The van der Waals surface area contributed by atoms with Gasteiger partial charge in [0.05, 0.1) is 13.2 Å². The van der Waals surface area contributed by atoms with Crippen LogP contribution in [0.1, 0.15) is 45.6 Å². The van der Waals surface area contributed by atoms with Crippen LogP contribution in [0.5, 0.6) is 5.75 Å². The molecule has 6 nitrogen and oxygen atoms in total. The summed E-state index contributed by atoms with van der Waals surface area (Å²) in [5.41, 5.74) is 6.84. The normalized spacial score (nSPS) is 22.2. The van der Waals surface area contributed by atoms with E-state index in [2.05, 4.69) is 36.1 Å². The second kappa shape index (κ2) is 8.45. The lowest BCUT2D eigenvalue weighted by molar-refractivity contribution is -0.122. The largest absolute Gasteiger partial charge is 0.496 e. The Morgan fingerprint density at radius 1 is 1.28 bits per heavy atom. The Labute approximate surface area is 149 Å². The quantitative estimate of drug-likeness (QED) is 0.667. The summed E-state index contributed by atoms with van der Waals surface area (Å²) in [6.07, 6.45) is 2.24. The van der Waals surface area contributed by atoms with E-state index >= 15 is 0 Å². The van der Waals surface area contributed by atoms with Crippen LogP contribution in [0.15, 0.2) is 24.3 Å². The number of hydrazine groups is 1. The minimum atomic E-state index is -0.368. The average Bonchev–Trinajstić information content (AvgIpc) is 3.12. The van der Waals surface area contributed by atoms with Crippen molar-refractivity contribution in [3.8, 4) is 5.75 Å². The molecule has 2 rings (SSSR count). The van der Waals surface area contributed by atoms with E-state index in [1.54, 1.807) is 7.11 Å². The second-order valence-corrected chi connectivity index (χ2v) is 6.90. The molecule has 1 aromatic rings. The van der Waals surface area contributed by atoms with E-state index in [0.717, 1.165) is 24.2 Å². The predicted molar refractivity (Wildman–Crippen MR) is 97.4 cm³/mol. The molecule has 1 fully saturated rings. The summed E-state index contributed by atoms with van der Waals surface area (Å²) >= 11 is 0. The van der Waals surface area contributed by atoms with Gasteiger partial charge in [-0.1, -0.05) is 32.0 Å². The van der Waals surface area contributed by atoms with Gasteiger partial charge < -0.3 is 10.1 Å². The summed E-state index contributed by atoms with van der Waals surface area (Å²) in [7, 11) is 1.68. The Kier molecular flexibility index (Phi) is 6.56. The molecule has 0 bridgehead atoms. The highest BCUT2D eigenvalue weighted by Crippen LogP contribution is 2.36. The van der Waals surface area contributed by atoms with Crippen molar-refractivity contribution in [2.45, 2.75) is 57.5 Å². The molecule has 1 aliphatic rings. The summed E-state index contributed by atoms with van der Waals surface area (Å²) in [5.74, 6) is 0.844. The van der Waals surface area contributed by atoms with Gasteiger partial charge in [-0.25, -0.2) is 10.9 Å². The molecule has 1 aromatic carbocycles. The Morgan fingerprint density at radius 3 is 2.56 bits per heavy atom. The smallest absolute Gasteiger partial charge is 0.238 e. The molecule has 0 aliphatic carbocycles. The number of carbonyl (C=O) groups excluding carboxylic acids is 2. The first-order valence-corrected chi connectivity index (χ1v) is 8.84. The van der Waals surface area contributed by atoms with Gasteiger partial charge in [-0.05, 0) is 37.7 Å². The van der Waals surface area contributed by atoms with Crippen LogP contribution in [-0.2, 0) is 15.0 Å². The predicted octanol–water partition coefficient (Wildman–Crippen LogP) is 1.69. The van der Waals surface area contributed by atoms with E-state index in [0.29, 0.717) is 13.0 Å². The minimum absolute atomic E-state index is 0.0394. The average molecular weight is 347 g/mol. The molecule has 0 aromatic heterocycles. The monoisotopic (exact) mass is 347 g/mol. The van der Waals surface area contributed by atoms with Gasteiger partial charge in [-0.2, -0.15) is 0 Å². The zero-order chi connectivity index (χ0) is 18.4. The van der Waals surface area contributed by atoms with Gasteiger partial charge in [0, 0.05) is 12.1 Å². The molecule has 3 unspecified atom stereocenters. The van der Waals surface area contributed by atoms with Gasteiger partial charge in [0.25, 0.3) is 0 Å². The van der Waals surface area contributed by atoms with Crippen molar-refractivity contribution in [3.63, 3.8) is 0 Å². The number of amides is 1. The number of ether oxygens (including phenoxy) is 1. The fourth-order valence-corrected chi connectivity index (χ4v) is 3.22. The maximum Gasteiger partial charge on any atom is 0.238 e. The molecule has 1 amide bonds. The Morgan fingerprint density at radius 2 is 1.96 bits per heavy atom. The molecule has 0 saturated carbocycles. The van der Waals surface area contributed by atoms with Gasteiger partial charge in [-0.15, -0.1) is 0 Å². The van der Waals surface area contributed by atoms with Crippen LogP contribution in [0, 0.1) is 0 Å². The summed E-state index contributed by atoms with van der Waals surface area (Å²) in [6, 6.07) is 7.38. The Bertz CT molecular complexity index is 620. The van der Waals surface area contributed by atoms with Crippen LogP contribution in [0.2, 0.25) is 0 Å². The molecule has 1 saturated heterocycles. The molecule has 138 valence electrons. The fraction of sp³-hybridized carbons (Fsp3) is 0.579. The van der Waals surface area contributed by atoms with Crippen molar-refractivity contribution in [1.82, 2.24) is 16.2 Å². The summed E-state index contributed by atoms with van der Waals surface area (Å²) in [5, 5.41) is 2.99. The number of benzene rings is 1. The van der Waals surface area contributed by atoms with Crippen LogP contribution in [0.25, 0.3) is 0 Å². The first-order chi connectivity index (χ1) is 11.9. The standard InChI is InChI=1S/C19H29N3O3/c1-5-19(3,14-8-6-7-9-17(14)25-4)10-11-20-18(24)16-12-15(13(2)23)21-22-16/h6-9,15-16,21-22H,5,10-12H2,1-4H3,(H,20,24). The molecule has 3 N–H and O–H groups in total. The van der Waals surface area contributed by atoms with Crippen molar-refractivity contribution < 1.29 is 14.3 Å². The third-order valence-corrected chi connectivity index (χ3v) is 5.22. The van der Waals surface area contributed by atoms with Crippen molar-refractivity contribution >= 4 is 11.7 Å². The van der Waals surface area contributed by atoms with Crippen molar-refractivity contribution in [2.24, 2.45) is 0 Å². The zero-order valence-electron chi connectivity index (χ0n) is 15.5. The van der Waals surface area contributed by atoms with Crippen molar-refractivity contribution in [3.05, 3.63) is 29.8 Å². The zero-order valence-corrected chi connectivity index (χ0v) is 15.5. The number of para-hydroxylation sites is 1.